The highest BCUT2D eigenvalue weighted by Gasteiger charge is 2.19. The SMILES string of the molecule is CCOC(=O)CNC(=O)C(C)SC(=O)c1ccccc1. The summed E-state index contributed by atoms with van der Waals surface area (Å²) in [7, 11) is 0. The van der Waals surface area contributed by atoms with Gasteiger partial charge in [0, 0.05) is 5.56 Å². The van der Waals surface area contributed by atoms with Crippen LogP contribution in [0.15, 0.2) is 30.3 Å². The highest BCUT2D eigenvalue weighted by atomic mass is 32.2. The number of ether oxygens (including phenoxy) is 1. The molecule has 0 saturated carbocycles. The third kappa shape index (κ3) is 5.44. The molecule has 0 radical (unpaired) electrons. The van der Waals surface area contributed by atoms with E-state index in [1.165, 1.54) is 0 Å². The molecule has 0 heterocycles. The van der Waals surface area contributed by atoms with Gasteiger partial charge in [0.1, 0.15) is 6.54 Å². The largest absolute Gasteiger partial charge is 0.465 e. The lowest BCUT2D eigenvalue weighted by Gasteiger charge is -2.10. The van der Waals surface area contributed by atoms with Gasteiger partial charge in [0.15, 0.2) is 0 Å². The van der Waals surface area contributed by atoms with Crippen LogP contribution >= 0.6 is 11.8 Å². The van der Waals surface area contributed by atoms with Gasteiger partial charge in [-0.3, -0.25) is 14.4 Å². The zero-order chi connectivity index (χ0) is 15.0. The molecule has 0 aromatic heterocycles. The maximum absolute atomic E-state index is 11.9. The van der Waals surface area contributed by atoms with Gasteiger partial charge in [-0.05, 0) is 13.8 Å². The van der Waals surface area contributed by atoms with Crippen molar-refractivity contribution in [2.45, 2.75) is 19.1 Å². The average molecular weight is 295 g/mol. The van der Waals surface area contributed by atoms with E-state index in [0.29, 0.717) is 5.56 Å². The minimum absolute atomic E-state index is 0.176. The number of carbonyl (C=O) groups is 3. The molecule has 1 aromatic carbocycles. The third-order valence-electron chi connectivity index (χ3n) is 2.37. The first-order valence-corrected chi connectivity index (χ1v) is 7.12. The van der Waals surface area contributed by atoms with Crippen molar-refractivity contribution in [2.75, 3.05) is 13.2 Å². The molecule has 1 N–H and O–H groups in total. The number of esters is 1. The molecule has 0 aliphatic rings. The van der Waals surface area contributed by atoms with E-state index in [-0.39, 0.29) is 24.2 Å². The van der Waals surface area contributed by atoms with Gasteiger partial charge in [-0.1, -0.05) is 42.1 Å². The first kappa shape index (κ1) is 16.2. The van der Waals surface area contributed by atoms with Crippen molar-refractivity contribution >= 4 is 28.8 Å². The van der Waals surface area contributed by atoms with Gasteiger partial charge in [0.25, 0.3) is 0 Å². The number of amides is 1. The predicted molar refractivity (Wildman–Crippen MR) is 77.5 cm³/mol. The summed E-state index contributed by atoms with van der Waals surface area (Å²) in [6, 6.07) is 8.73. The second-order valence-corrected chi connectivity index (χ2v) is 5.25. The molecule has 1 rings (SSSR count). The second-order valence-electron chi connectivity index (χ2n) is 3.94. The molecule has 108 valence electrons. The molecule has 0 fully saturated rings. The number of nitrogens with one attached hydrogen (secondary N) is 1. The Morgan fingerprint density at radius 3 is 2.50 bits per heavy atom. The van der Waals surface area contributed by atoms with E-state index in [1.54, 1.807) is 38.1 Å². The molecule has 0 bridgehead atoms. The van der Waals surface area contributed by atoms with Gasteiger partial charge in [-0.2, -0.15) is 0 Å². The summed E-state index contributed by atoms with van der Waals surface area (Å²) in [4.78, 5) is 34.7. The predicted octanol–water partition coefficient (Wildman–Crippen LogP) is 1.63. The van der Waals surface area contributed by atoms with Gasteiger partial charge < -0.3 is 10.1 Å². The lowest BCUT2D eigenvalue weighted by atomic mass is 10.2. The van der Waals surface area contributed by atoms with Crippen molar-refractivity contribution in [3.8, 4) is 0 Å². The van der Waals surface area contributed by atoms with Crippen LogP contribution in [-0.2, 0) is 14.3 Å². The van der Waals surface area contributed by atoms with Gasteiger partial charge in [-0.25, -0.2) is 0 Å². The topological polar surface area (TPSA) is 72.5 Å². The van der Waals surface area contributed by atoms with E-state index in [9.17, 15) is 14.4 Å². The Hall–Kier alpha value is -1.82. The molecule has 1 amide bonds. The zero-order valence-corrected chi connectivity index (χ0v) is 12.2. The highest BCUT2D eigenvalue weighted by molar-refractivity contribution is 8.15. The number of hydrogen-bond acceptors (Lipinski definition) is 5. The van der Waals surface area contributed by atoms with Crippen molar-refractivity contribution < 1.29 is 19.1 Å². The molecular formula is C14H17NO4S. The quantitative estimate of drug-likeness (QED) is 0.808. The first-order valence-electron chi connectivity index (χ1n) is 6.24. The monoisotopic (exact) mass is 295 g/mol. The smallest absolute Gasteiger partial charge is 0.325 e. The van der Waals surface area contributed by atoms with Crippen molar-refractivity contribution in [1.29, 1.82) is 0 Å². The van der Waals surface area contributed by atoms with Crippen molar-refractivity contribution in [3.05, 3.63) is 35.9 Å². The van der Waals surface area contributed by atoms with Crippen LogP contribution in [0.1, 0.15) is 24.2 Å². The van der Waals surface area contributed by atoms with Crippen LogP contribution < -0.4 is 5.32 Å². The van der Waals surface area contributed by atoms with Crippen LogP contribution in [0.2, 0.25) is 0 Å². The van der Waals surface area contributed by atoms with Crippen molar-refractivity contribution in [2.24, 2.45) is 0 Å². The molecular weight excluding hydrogens is 278 g/mol. The summed E-state index contributed by atoms with van der Waals surface area (Å²) in [6.45, 7) is 3.39. The Morgan fingerprint density at radius 1 is 1.25 bits per heavy atom. The summed E-state index contributed by atoms with van der Waals surface area (Å²) in [5.41, 5.74) is 0.544. The molecule has 0 spiro atoms. The Labute approximate surface area is 122 Å². The van der Waals surface area contributed by atoms with Crippen LogP contribution in [0.25, 0.3) is 0 Å². The highest BCUT2D eigenvalue weighted by Crippen LogP contribution is 2.17. The minimum Gasteiger partial charge on any atom is -0.465 e. The maximum Gasteiger partial charge on any atom is 0.325 e. The lowest BCUT2D eigenvalue weighted by molar-refractivity contribution is -0.143. The van der Waals surface area contributed by atoms with Crippen LogP contribution in [0.5, 0.6) is 0 Å². The summed E-state index contributed by atoms with van der Waals surface area (Å²) in [6.07, 6.45) is 0. The number of rotatable bonds is 6. The standard InChI is InChI=1S/C14H17NO4S/c1-3-19-12(16)9-15-13(17)10(2)20-14(18)11-7-5-4-6-8-11/h4-8,10H,3,9H2,1-2H3,(H,15,17). The lowest BCUT2D eigenvalue weighted by Crippen LogP contribution is -2.36. The number of carbonyl (C=O) groups excluding carboxylic acids is 3. The molecule has 1 atom stereocenters. The molecule has 20 heavy (non-hydrogen) atoms. The summed E-state index contributed by atoms with van der Waals surface area (Å²) in [5.74, 6) is -0.861. The van der Waals surface area contributed by atoms with Crippen LogP contribution in [0, 0.1) is 0 Å². The maximum atomic E-state index is 11.9. The van der Waals surface area contributed by atoms with Crippen LogP contribution in [0.4, 0.5) is 0 Å². The van der Waals surface area contributed by atoms with Crippen LogP contribution in [0.3, 0.4) is 0 Å². The summed E-state index contributed by atoms with van der Waals surface area (Å²) in [5, 5.41) is 1.69. The van der Waals surface area contributed by atoms with E-state index in [1.807, 2.05) is 6.07 Å². The summed E-state index contributed by atoms with van der Waals surface area (Å²) < 4.78 is 4.70. The molecule has 1 aromatic rings. The van der Waals surface area contributed by atoms with E-state index >= 15 is 0 Å². The van der Waals surface area contributed by atoms with E-state index in [4.69, 9.17) is 4.74 Å². The van der Waals surface area contributed by atoms with Crippen LogP contribution in [-0.4, -0.2) is 35.4 Å². The first-order chi connectivity index (χ1) is 9.54. The fourth-order valence-corrected chi connectivity index (χ4v) is 2.16. The van der Waals surface area contributed by atoms with Gasteiger partial charge in [0.2, 0.25) is 11.0 Å². The normalized spacial score (nSPS) is 11.5. The number of hydrogen-bond donors (Lipinski definition) is 1. The van der Waals surface area contributed by atoms with E-state index < -0.39 is 11.2 Å². The Kier molecular flexibility index (Phi) is 6.79. The minimum atomic E-state index is -0.572. The third-order valence-corrected chi connectivity index (χ3v) is 3.39. The molecule has 0 aliphatic carbocycles. The Morgan fingerprint density at radius 2 is 1.90 bits per heavy atom. The summed E-state index contributed by atoms with van der Waals surface area (Å²) >= 11 is 0.923. The average Bonchev–Trinajstić information content (AvgIpc) is 2.45. The molecule has 5 nitrogen and oxygen atoms in total. The van der Waals surface area contributed by atoms with E-state index in [2.05, 4.69) is 5.32 Å². The Bertz CT molecular complexity index is 475. The molecule has 1 unspecified atom stereocenters. The van der Waals surface area contributed by atoms with Gasteiger partial charge >= 0.3 is 5.97 Å². The number of thioether (sulfide) groups is 1. The van der Waals surface area contributed by atoms with Gasteiger partial charge in [0.05, 0.1) is 11.9 Å². The Balaban J connectivity index is 2.42. The zero-order valence-electron chi connectivity index (χ0n) is 11.4. The van der Waals surface area contributed by atoms with Gasteiger partial charge in [-0.15, -0.1) is 0 Å². The second kappa shape index (κ2) is 8.37. The van der Waals surface area contributed by atoms with Crippen molar-refractivity contribution in [1.82, 2.24) is 5.32 Å². The molecule has 0 aliphatic heterocycles. The van der Waals surface area contributed by atoms with Crippen molar-refractivity contribution in [3.63, 3.8) is 0 Å². The molecule has 0 saturated heterocycles. The van der Waals surface area contributed by atoms with E-state index in [0.717, 1.165) is 11.8 Å². The fourth-order valence-electron chi connectivity index (χ4n) is 1.37. The fraction of sp³-hybridized carbons (Fsp3) is 0.357. The number of benzene rings is 1. The molecule has 6 heteroatoms.